The summed E-state index contributed by atoms with van der Waals surface area (Å²) in [5.74, 6) is -1.14. The summed E-state index contributed by atoms with van der Waals surface area (Å²) in [7, 11) is -3.66. The number of aromatic nitrogens is 1. The lowest BCUT2D eigenvalue weighted by atomic mass is 10.4. The lowest BCUT2D eigenvalue weighted by Crippen LogP contribution is -2.22. The summed E-state index contributed by atoms with van der Waals surface area (Å²) in [5.41, 5.74) is 0.774. The molecule has 0 aliphatic heterocycles. The molecule has 2 heterocycles. The molecule has 6 nitrogen and oxygen atoms in total. The molecule has 8 heteroatoms. The fourth-order valence-electron chi connectivity index (χ4n) is 1.29. The van der Waals surface area contributed by atoms with Gasteiger partial charge in [-0.05, 0) is 17.7 Å². The van der Waals surface area contributed by atoms with Gasteiger partial charge in [0.1, 0.15) is 4.21 Å². The van der Waals surface area contributed by atoms with E-state index in [0.29, 0.717) is 0 Å². The van der Waals surface area contributed by atoms with Crippen molar-refractivity contribution in [2.24, 2.45) is 0 Å². The Balaban J connectivity index is 2.12. The van der Waals surface area contributed by atoms with Crippen molar-refractivity contribution in [2.45, 2.75) is 10.8 Å². The number of hydrogen-bond acceptors (Lipinski definition) is 4. The number of carboxylic acid groups (broad SMARTS) is 1. The first-order valence-corrected chi connectivity index (χ1v) is 7.28. The number of thiophene rings is 1. The van der Waals surface area contributed by atoms with Crippen LogP contribution in [0.1, 0.15) is 15.9 Å². The van der Waals surface area contributed by atoms with Crippen LogP contribution >= 0.6 is 11.3 Å². The third kappa shape index (κ3) is 2.78. The molecule has 2 aromatic rings. The van der Waals surface area contributed by atoms with Gasteiger partial charge in [0.25, 0.3) is 0 Å². The third-order valence-electron chi connectivity index (χ3n) is 2.22. The van der Waals surface area contributed by atoms with Gasteiger partial charge in [-0.25, -0.2) is 17.9 Å². The first-order chi connectivity index (χ1) is 8.49. The molecule has 3 N–H and O–H groups in total. The van der Waals surface area contributed by atoms with Crippen molar-refractivity contribution in [3.05, 3.63) is 41.0 Å². The molecule has 2 aromatic heterocycles. The summed E-state index contributed by atoms with van der Waals surface area (Å²) in [6.07, 6.45) is 3.37. The van der Waals surface area contributed by atoms with Gasteiger partial charge in [-0.3, -0.25) is 0 Å². The standard InChI is InChI=1S/C10H10N2O4S2/c13-10(14)8-3-9(17-6-8)18(15,16)12-5-7-1-2-11-4-7/h1-4,6,11-12H,5H2,(H,13,14). The van der Waals surface area contributed by atoms with Crippen molar-refractivity contribution in [3.8, 4) is 0 Å². The van der Waals surface area contributed by atoms with Gasteiger partial charge in [0, 0.05) is 24.3 Å². The highest BCUT2D eigenvalue weighted by atomic mass is 32.2. The van der Waals surface area contributed by atoms with Gasteiger partial charge in [0.2, 0.25) is 10.0 Å². The van der Waals surface area contributed by atoms with Crippen LogP contribution < -0.4 is 4.72 Å². The van der Waals surface area contributed by atoms with E-state index in [-0.39, 0.29) is 16.3 Å². The Morgan fingerprint density at radius 3 is 2.83 bits per heavy atom. The molecule has 0 saturated heterocycles. The second-order valence-corrected chi connectivity index (χ2v) is 6.41. The predicted molar refractivity (Wildman–Crippen MR) is 66.1 cm³/mol. The number of aromatic carboxylic acids is 1. The average molecular weight is 286 g/mol. The number of sulfonamides is 1. The van der Waals surface area contributed by atoms with E-state index in [1.807, 2.05) is 0 Å². The Morgan fingerprint density at radius 1 is 1.50 bits per heavy atom. The van der Waals surface area contributed by atoms with Gasteiger partial charge in [0.05, 0.1) is 5.56 Å². The van der Waals surface area contributed by atoms with E-state index in [2.05, 4.69) is 9.71 Å². The fourth-order valence-corrected chi connectivity index (χ4v) is 3.50. The number of rotatable bonds is 5. The Hall–Kier alpha value is -1.64. The third-order valence-corrected chi connectivity index (χ3v) is 5.06. The number of aromatic amines is 1. The van der Waals surface area contributed by atoms with Crippen molar-refractivity contribution < 1.29 is 18.3 Å². The molecule has 18 heavy (non-hydrogen) atoms. The lowest BCUT2D eigenvalue weighted by molar-refractivity contribution is 0.0697. The fraction of sp³-hybridized carbons (Fsp3) is 0.100. The van der Waals surface area contributed by atoms with Gasteiger partial charge >= 0.3 is 5.97 Å². The van der Waals surface area contributed by atoms with Gasteiger partial charge in [-0.1, -0.05) is 0 Å². The summed E-state index contributed by atoms with van der Waals surface area (Å²) in [4.78, 5) is 13.5. The van der Waals surface area contributed by atoms with Crippen molar-refractivity contribution >= 4 is 27.3 Å². The van der Waals surface area contributed by atoms with Crippen LogP contribution in [0.5, 0.6) is 0 Å². The zero-order valence-corrected chi connectivity index (χ0v) is 10.7. The largest absolute Gasteiger partial charge is 0.478 e. The van der Waals surface area contributed by atoms with Gasteiger partial charge < -0.3 is 10.1 Å². The van der Waals surface area contributed by atoms with Crippen LogP contribution in [0.15, 0.2) is 34.1 Å². The van der Waals surface area contributed by atoms with Crippen LogP contribution in [0.2, 0.25) is 0 Å². The van der Waals surface area contributed by atoms with Crippen LogP contribution in [-0.4, -0.2) is 24.5 Å². The van der Waals surface area contributed by atoms with E-state index in [1.165, 1.54) is 5.38 Å². The lowest BCUT2D eigenvalue weighted by Gasteiger charge is -2.02. The number of carboxylic acids is 1. The second-order valence-electron chi connectivity index (χ2n) is 3.50. The topological polar surface area (TPSA) is 99.3 Å². The highest BCUT2D eigenvalue weighted by molar-refractivity contribution is 7.91. The maximum Gasteiger partial charge on any atom is 0.336 e. The summed E-state index contributed by atoms with van der Waals surface area (Å²) in [6.45, 7) is 0.159. The summed E-state index contributed by atoms with van der Waals surface area (Å²) >= 11 is 0.883. The molecule has 0 spiro atoms. The van der Waals surface area contributed by atoms with Crippen molar-refractivity contribution in [1.82, 2.24) is 9.71 Å². The molecule has 2 rings (SSSR count). The minimum absolute atomic E-state index is 0.00423. The van der Waals surface area contributed by atoms with Crippen molar-refractivity contribution in [1.29, 1.82) is 0 Å². The molecule has 0 aliphatic rings. The summed E-state index contributed by atoms with van der Waals surface area (Å²) < 4.78 is 26.1. The zero-order valence-electron chi connectivity index (χ0n) is 9.08. The normalized spacial score (nSPS) is 11.6. The first kappa shape index (κ1) is 12.8. The smallest absolute Gasteiger partial charge is 0.336 e. The Labute approximate surface area is 107 Å². The van der Waals surface area contributed by atoms with Gasteiger partial charge in [-0.15, -0.1) is 11.3 Å². The van der Waals surface area contributed by atoms with Crippen LogP contribution in [0.3, 0.4) is 0 Å². The van der Waals surface area contributed by atoms with Crippen molar-refractivity contribution in [3.63, 3.8) is 0 Å². The van der Waals surface area contributed by atoms with Gasteiger partial charge in [0.15, 0.2) is 0 Å². The maximum absolute atomic E-state index is 11.9. The molecule has 0 bridgehead atoms. The maximum atomic E-state index is 11.9. The van der Waals surface area contributed by atoms with E-state index in [0.717, 1.165) is 23.0 Å². The van der Waals surface area contributed by atoms with E-state index >= 15 is 0 Å². The van der Waals surface area contributed by atoms with Crippen LogP contribution in [0.25, 0.3) is 0 Å². The monoisotopic (exact) mass is 286 g/mol. The zero-order chi connectivity index (χ0) is 13.2. The second kappa shape index (κ2) is 4.92. The van der Waals surface area contributed by atoms with E-state index in [9.17, 15) is 13.2 Å². The number of H-pyrrole nitrogens is 1. The van der Waals surface area contributed by atoms with Crippen molar-refractivity contribution in [2.75, 3.05) is 0 Å². The average Bonchev–Trinajstić information content (AvgIpc) is 2.98. The summed E-state index contributed by atoms with van der Waals surface area (Å²) in [5, 5.41) is 10.0. The highest BCUT2D eigenvalue weighted by Gasteiger charge is 2.18. The molecule has 0 atom stereocenters. The Bertz CT molecular complexity index is 643. The number of hydrogen-bond donors (Lipinski definition) is 3. The number of carbonyl (C=O) groups is 1. The minimum Gasteiger partial charge on any atom is -0.478 e. The summed E-state index contributed by atoms with van der Waals surface area (Å²) in [6, 6.07) is 2.89. The van der Waals surface area contributed by atoms with E-state index < -0.39 is 16.0 Å². The SMILES string of the molecule is O=C(O)c1csc(S(=O)(=O)NCc2cc[nH]c2)c1. The van der Waals surface area contributed by atoms with Crippen LogP contribution in [0, 0.1) is 0 Å². The Morgan fingerprint density at radius 2 is 2.28 bits per heavy atom. The molecule has 0 amide bonds. The van der Waals surface area contributed by atoms with E-state index in [4.69, 9.17) is 5.11 Å². The molecular formula is C10H10N2O4S2. The molecule has 0 saturated carbocycles. The highest BCUT2D eigenvalue weighted by Crippen LogP contribution is 2.20. The van der Waals surface area contributed by atoms with Crippen LogP contribution in [0.4, 0.5) is 0 Å². The minimum atomic E-state index is -3.66. The molecule has 96 valence electrons. The molecule has 0 fully saturated rings. The first-order valence-electron chi connectivity index (χ1n) is 4.92. The van der Waals surface area contributed by atoms with E-state index in [1.54, 1.807) is 18.5 Å². The Kier molecular flexibility index (Phi) is 3.50. The predicted octanol–water partition coefficient (Wildman–Crippen LogP) is 1.25. The molecule has 0 aliphatic carbocycles. The molecule has 0 unspecified atom stereocenters. The van der Waals surface area contributed by atoms with Gasteiger partial charge in [-0.2, -0.15) is 0 Å². The molecular weight excluding hydrogens is 276 g/mol. The quantitative estimate of drug-likeness (QED) is 0.770. The number of nitrogens with one attached hydrogen (secondary N) is 2. The molecule has 0 radical (unpaired) electrons. The molecule has 0 aromatic carbocycles. The van der Waals surface area contributed by atoms with Crippen LogP contribution in [-0.2, 0) is 16.6 Å².